The van der Waals surface area contributed by atoms with Crippen LogP contribution >= 0.6 is 0 Å². The number of benzene rings is 1. The van der Waals surface area contributed by atoms with E-state index in [1.807, 2.05) is 35.2 Å². The summed E-state index contributed by atoms with van der Waals surface area (Å²) >= 11 is 0. The van der Waals surface area contributed by atoms with Crippen LogP contribution in [0.5, 0.6) is 11.5 Å². The van der Waals surface area contributed by atoms with E-state index >= 15 is 0 Å². The van der Waals surface area contributed by atoms with E-state index in [-0.39, 0.29) is 11.8 Å². The predicted molar refractivity (Wildman–Crippen MR) is 100 cm³/mol. The van der Waals surface area contributed by atoms with Gasteiger partial charge in [0.15, 0.2) is 0 Å². The summed E-state index contributed by atoms with van der Waals surface area (Å²) in [5.41, 5.74) is 2.17. The van der Waals surface area contributed by atoms with Crippen molar-refractivity contribution in [2.45, 2.75) is 32.7 Å². The van der Waals surface area contributed by atoms with Crippen molar-refractivity contribution in [3.8, 4) is 11.5 Å². The maximum Gasteiger partial charge on any atom is 0.229 e. The van der Waals surface area contributed by atoms with Gasteiger partial charge in [-0.15, -0.1) is 0 Å². The first-order valence-corrected chi connectivity index (χ1v) is 9.18. The monoisotopic (exact) mass is 354 g/mol. The van der Waals surface area contributed by atoms with Gasteiger partial charge in [0.1, 0.15) is 18.1 Å². The van der Waals surface area contributed by atoms with E-state index in [9.17, 15) is 4.79 Å². The maximum absolute atomic E-state index is 13.1. The van der Waals surface area contributed by atoms with Crippen LogP contribution in [0.4, 0.5) is 0 Å². The van der Waals surface area contributed by atoms with Crippen LogP contribution in [0, 0.1) is 5.92 Å². The lowest BCUT2D eigenvalue weighted by Gasteiger charge is -2.30. The normalized spacial score (nSPS) is 15.7. The van der Waals surface area contributed by atoms with Gasteiger partial charge in [-0.3, -0.25) is 9.78 Å². The number of hydrogen-bond acceptors (Lipinski definition) is 4. The highest BCUT2D eigenvalue weighted by atomic mass is 16.5. The van der Waals surface area contributed by atoms with E-state index in [1.165, 1.54) is 0 Å². The van der Waals surface area contributed by atoms with Crippen LogP contribution in [-0.4, -0.2) is 36.1 Å². The second-order valence-electron chi connectivity index (χ2n) is 6.65. The number of rotatable bonds is 7. The number of amides is 1. The Balaban J connectivity index is 1.71. The van der Waals surface area contributed by atoms with E-state index in [0.717, 1.165) is 42.0 Å². The highest BCUT2D eigenvalue weighted by Crippen LogP contribution is 2.31. The van der Waals surface area contributed by atoms with Gasteiger partial charge in [-0.1, -0.05) is 19.4 Å². The Hall–Kier alpha value is -2.56. The molecule has 2 heterocycles. The Morgan fingerprint density at radius 3 is 2.85 bits per heavy atom. The van der Waals surface area contributed by atoms with Crippen molar-refractivity contribution < 1.29 is 14.3 Å². The van der Waals surface area contributed by atoms with Crippen molar-refractivity contribution >= 4 is 5.91 Å². The number of nitrogens with zero attached hydrogens (tertiary/aromatic N) is 2. The van der Waals surface area contributed by atoms with Crippen molar-refractivity contribution in [3.05, 3.63) is 53.9 Å². The standard InChI is InChI=1S/C21H26N2O3/c1-3-4-11-23(14-16-7-9-22-10-8-16)21(24)18-12-17-5-6-19(25-2)13-20(17)26-15-18/h5-10,13,18H,3-4,11-12,14-15H2,1-2H3/t18-/m1/s1. The number of hydrogen-bond donors (Lipinski definition) is 0. The Morgan fingerprint density at radius 2 is 2.12 bits per heavy atom. The van der Waals surface area contributed by atoms with Crippen LogP contribution in [0.3, 0.4) is 0 Å². The summed E-state index contributed by atoms with van der Waals surface area (Å²) in [5.74, 6) is 1.62. The van der Waals surface area contributed by atoms with Crippen LogP contribution in [0.2, 0.25) is 0 Å². The number of ether oxygens (including phenoxy) is 2. The van der Waals surface area contributed by atoms with E-state index in [4.69, 9.17) is 9.47 Å². The van der Waals surface area contributed by atoms with Crippen LogP contribution in [0.25, 0.3) is 0 Å². The largest absolute Gasteiger partial charge is 0.497 e. The third-order valence-electron chi connectivity index (χ3n) is 4.75. The molecule has 1 atom stereocenters. The second kappa shape index (κ2) is 8.70. The van der Waals surface area contributed by atoms with Crippen LogP contribution in [-0.2, 0) is 17.8 Å². The number of fused-ring (bicyclic) bond motifs is 1. The van der Waals surface area contributed by atoms with Crippen LogP contribution in [0.1, 0.15) is 30.9 Å². The number of carbonyl (C=O) groups excluding carboxylic acids is 1. The molecule has 1 aliphatic heterocycles. The topological polar surface area (TPSA) is 51.7 Å². The van der Waals surface area contributed by atoms with Crippen molar-refractivity contribution in [1.29, 1.82) is 0 Å². The number of aromatic nitrogens is 1. The molecule has 0 saturated carbocycles. The molecular formula is C21H26N2O3. The molecule has 0 bridgehead atoms. The van der Waals surface area contributed by atoms with Crippen LogP contribution < -0.4 is 9.47 Å². The smallest absolute Gasteiger partial charge is 0.229 e. The van der Waals surface area contributed by atoms with Crippen molar-refractivity contribution in [2.75, 3.05) is 20.3 Å². The van der Waals surface area contributed by atoms with Gasteiger partial charge in [0, 0.05) is 31.5 Å². The summed E-state index contributed by atoms with van der Waals surface area (Å²) < 4.78 is 11.1. The average Bonchev–Trinajstić information content (AvgIpc) is 2.70. The Bertz CT molecular complexity index is 733. The van der Waals surface area contributed by atoms with Gasteiger partial charge >= 0.3 is 0 Å². The summed E-state index contributed by atoms with van der Waals surface area (Å²) in [7, 11) is 1.64. The molecule has 0 aliphatic carbocycles. The first-order valence-electron chi connectivity index (χ1n) is 9.18. The minimum atomic E-state index is -0.144. The lowest BCUT2D eigenvalue weighted by molar-refractivity contribution is -0.137. The SMILES string of the molecule is CCCCN(Cc1ccncc1)C(=O)[C@H]1COc2cc(OC)ccc2C1. The number of unbranched alkanes of at least 4 members (excludes halogenated alkanes) is 1. The van der Waals surface area contributed by atoms with Gasteiger partial charge < -0.3 is 14.4 Å². The maximum atomic E-state index is 13.1. The summed E-state index contributed by atoms with van der Waals surface area (Å²) in [5, 5.41) is 0. The Labute approximate surface area is 155 Å². The summed E-state index contributed by atoms with van der Waals surface area (Å²) in [6.07, 6.45) is 6.30. The molecule has 26 heavy (non-hydrogen) atoms. The van der Waals surface area contributed by atoms with E-state index in [2.05, 4.69) is 11.9 Å². The first kappa shape index (κ1) is 18.2. The Morgan fingerprint density at radius 1 is 1.31 bits per heavy atom. The molecule has 0 radical (unpaired) electrons. The molecule has 2 aromatic rings. The second-order valence-corrected chi connectivity index (χ2v) is 6.65. The average molecular weight is 354 g/mol. The molecule has 138 valence electrons. The molecule has 1 aromatic heterocycles. The molecule has 3 rings (SSSR count). The summed E-state index contributed by atoms with van der Waals surface area (Å²) in [6, 6.07) is 9.73. The van der Waals surface area contributed by atoms with E-state index in [1.54, 1.807) is 19.5 Å². The molecule has 5 nitrogen and oxygen atoms in total. The predicted octanol–water partition coefficient (Wildman–Crippen LogP) is 3.47. The zero-order chi connectivity index (χ0) is 18.4. The molecule has 0 N–H and O–H groups in total. The van der Waals surface area contributed by atoms with Gasteiger partial charge in [0.05, 0.1) is 13.0 Å². The molecule has 1 aromatic carbocycles. The molecule has 0 unspecified atom stereocenters. The van der Waals surface area contributed by atoms with Crippen molar-refractivity contribution in [3.63, 3.8) is 0 Å². The minimum Gasteiger partial charge on any atom is -0.497 e. The lowest BCUT2D eigenvalue weighted by atomic mass is 9.95. The number of methoxy groups -OCH3 is 1. The first-order chi connectivity index (χ1) is 12.7. The van der Waals surface area contributed by atoms with E-state index < -0.39 is 0 Å². The zero-order valence-corrected chi connectivity index (χ0v) is 15.5. The molecule has 0 spiro atoms. The fraction of sp³-hybridized carbons (Fsp3) is 0.429. The third-order valence-corrected chi connectivity index (χ3v) is 4.75. The number of pyridine rings is 1. The highest BCUT2D eigenvalue weighted by molar-refractivity contribution is 5.80. The van der Waals surface area contributed by atoms with Gasteiger partial charge in [0.25, 0.3) is 0 Å². The lowest BCUT2D eigenvalue weighted by Crippen LogP contribution is -2.41. The van der Waals surface area contributed by atoms with Gasteiger partial charge in [-0.25, -0.2) is 0 Å². The summed E-state index contributed by atoms with van der Waals surface area (Å²) in [4.78, 5) is 19.2. The zero-order valence-electron chi connectivity index (χ0n) is 15.5. The minimum absolute atomic E-state index is 0.144. The molecule has 1 aliphatic rings. The molecular weight excluding hydrogens is 328 g/mol. The molecule has 0 fully saturated rings. The van der Waals surface area contributed by atoms with Crippen LogP contribution in [0.15, 0.2) is 42.7 Å². The van der Waals surface area contributed by atoms with Gasteiger partial charge in [-0.2, -0.15) is 0 Å². The van der Waals surface area contributed by atoms with E-state index in [0.29, 0.717) is 19.6 Å². The fourth-order valence-electron chi connectivity index (χ4n) is 3.22. The number of carbonyl (C=O) groups is 1. The molecule has 5 heteroatoms. The van der Waals surface area contributed by atoms with Gasteiger partial charge in [0.2, 0.25) is 5.91 Å². The van der Waals surface area contributed by atoms with Crippen molar-refractivity contribution in [1.82, 2.24) is 9.88 Å². The third kappa shape index (κ3) is 4.34. The fourth-order valence-corrected chi connectivity index (χ4v) is 3.22. The summed E-state index contributed by atoms with van der Waals surface area (Å²) in [6.45, 7) is 3.94. The Kier molecular flexibility index (Phi) is 6.10. The highest BCUT2D eigenvalue weighted by Gasteiger charge is 2.29. The van der Waals surface area contributed by atoms with Gasteiger partial charge in [-0.05, 0) is 42.2 Å². The van der Waals surface area contributed by atoms with Crippen molar-refractivity contribution in [2.24, 2.45) is 5.92 Å². The molecule has 0 saturated heterocycles. The quantitative estimate of drug-likeness (QED) is 0.764. The molecule has 1 amide bonds.